The van der Waals surface area contributed by atoms with Crippen molar-refractivity contribution in [2.45, 2.75) is 24.4 Å². The van der Waals surface area contributed by atoms with E-state index in [-0.39, 0.29) is 18.5 Å². The summed E-state index contributed by atoms with van der Waals surface area (Å²) in [7, 11) is 0. The van der Waals surface area contributed by atoms with Crippen molar-refractivity contribution in [2.24, 2.45) is 11.8 Å². The number of amides is 3. The molecule has 2 aromatic rings. The normalized spacial score (nSPS) is 28.7. The van der Waals surface area contributed by atoms with Crippen LogP contribution in [0.5, 0.6) is 0 Å². The number of anilines is 2. The number of fused-ring (bicyclic) bond motifs is 4. The van der Waals surface area contributed by atoms with Gasteiger partial charge in [0.05, 0.1) is 11.4 Å². The second-order valence-corrected chi connectivity index (χ2v) is 8.10. The van der Waals surface area contributed by atoms with E-state index in [4.69, 9.17) is 0 Å². The maximum atomic E-state index is 13.6. The number of halogens is 1. The van der Waals surface area contributed by atoms with Crippen LogP contribution in [0.3, 0.4) is 0 Å². The summed E-state index contributed by atoms with van der Waals surface area (Å²) >= 11 is 0. The summed E-state index contributed by atoms with van der Waals surface area (Å²) in [5, 5.41) is 15.6. The molecule has 9 heteroatoms. The molecule has 5 rings (SSSR count). The molecule has 0 bridgehead atoms. The predicted octanol–water partition coefficient (Wildman–Crippen LogP) is -0.745. The van der Waals surface area contributed by atoms with Crippen molar-refractivity contribution in [3.8, 4) is 0 Å². The van der Waals surface area contributed by atoms with Gasteiger partial charge >= 0.3 is 0 Å². The first-order chi connectivity index (χ1) is 14.8. The maximum Gasteiger partial charge on any atom is 0.291 e. The monoisotopic (exact) mass is 423 g/mol. The Balaban J connectivity index is 1.64. The van der Waals surface area contributed by atoms with Crippen LogP contribution in [0.2, 0.25) is 0 Å². The molecule has 8 nitrogen and oxygen atoms in total. The van der Waals surface area contributed by atoms with Gasteiger partial charge in [-0.2, -0.15) is 0 Å². The van der Waals surface area contributed by atoms with Crippen LogP contribution >= 0.6 is 0 Å². The molecule has 3 amide bonds. The van der Waals surface area contributed by atoms with Gasteiger partial charge in [0, 0.05) is 18.0 Å². The summed E-state index contributed by atoms with van der Waals surface area (Å²) in [5.41, 5.74) is -0.0118. The third kappa shape index (κ3) is 2.63. The summed E-state index contributed by atoms with van der Waals surface area (Å²) in [6, 6.07) is 11.3. The summed E-state index contributed by atoms with van der Waals surface area (Å²) in [6.45, 7) is 0. The van der Waals surface area contributed by atoms with Gasteiger partial charge in [0.2, 0.25) is 17.4 Å². The Morgan fingerprint density at radius 1 is 1.10 bits per heavy atom. The van der Waals surface area contributed by atoms with E-state index in [2.05, 4.69) is 5.32 Å². The van der Waals surface area contributed by atoms with Crippen LogP contribution in [0.4, 0.5) is 15.8 Å². The van der Waals surface area contributed by atoms with Crippen LogP contribution in [0.1, 0.15) is 18.4 Å². The van der Waals surface area contributed by atoms with Gasteiger partial charge in [-0.25, -0.2) is 9.29 Å². The Kier molecular flexibility index (Phi) is 4.19. The summed E-state index contributed by atoms with van der Waals surface area (Å²) in [4.78, 5) is 52.3. The van der Waals surface area contributed by atoms with Gasteiger partial charge in [-0.3, -0.25) is 14.4 Å². The number of hydrogen-bond acceptors (Lipinski definition) is 5. The molecule has 4 atom stereocenters. The molecular formula is C22H18FN3O5. The minimum absolute atomic E-state index is 0.0664. The smallest absolute Gasteiger partial charge is 0.291 e. The predicted molar refractivity (Wildman–Crippen MR) is 103 cm³/mol. The van der Waals surface area contributed by atoms with E-state index in [1.54, 1.807) is 29.6 Å². The van der Waals surface area contributed by atoms with Gasteiger partial charge in [0.15, 0.2) is 0 Å². The summed E-state index contributed by atoms with van der Waals surface area (Å²) in [5.74, 6) is -5.18. The molecule has 2 saturated heterocycles. The lowest BCUT2D eigenvalue weighted by molar-refractivity contribution is -0.733. The summed E-state index contributed by atoms with van der Waals surface area (Å²) in [6.07, 6.45) is -0.237. The maximum absolute atomic E-state index is 13.6. The standard InChI is InChI=1S/C22H18FN3O5/c23-11-5-7-12(8-6-11)26-19(29)17-15(9-10-16(27)28)25-22(18(17)20(26)30)13-3-1-2-4-14(13)24-21(22)31/h1-8,15,17-18,25H,9-10H2,(H,24,31)(H,27,28)/t15-,17+,18-,22-/m0/s1. The topological polar surface area (TPSA) is 123 Å². The molecule has 158 valence electrons. The fourth-order valence-corrected chi connectivity index (χ4v) is 5.31. The fourth-order valence-electron chi connectivity index (χ4n) is 5.31. The van der Waals surface area contributed by atoms with Crippen LogP contribution in [0.15, 0.2) is 48.5 Å². The third-order valence-corrected chi connectivity index (χ3v) is 6.54. The quantitative estimate of drug-likeness (QED) is 0.627. The molecule has 31 heavy (non-hydrogen) atoms. The van der Waals surface area contributed by atoms with Crippen LogP contribution < -0.4 is 20.6 Å². The van der Waals surface area contributed by atoms with Gasteiger partial charge in [-0.15, -0.1) is 0 Å². The number of benzene rings is 2. The van der Waals surface area contributed by atoms with Crippen molar-refractivity contribution in [2.75, 3.05) is 10.2 Å². The highest BCUT2D eigenvalue weighted by Crippen LogP contribution is 2.50. The molecule has 3 heterocycles. The first kappa shape index (κ1) is 19.4. The lowest BCUT2D eigenvalue weighted by atomic mass is 9.76. The molecule has 0 aliphatic carbocycles. The van der Waals surface area contributed by atoms with Crippen molar-refractivity contribution in [1.82, 2.24) is 0 Å². The van der Waals surface area contributed by atoms with Gasteiger partial charge in [-0.1, -0.05) is 18.2 Å². The Bertz CT molecular complexity index is 1130. The van der Waals surface area contributed by atoms with Gasteiger partial charge < -0.3 is 20.5 Å². The van der Waals surface area contributed by atoms with E-state index in [1.165, 1.54) is 12.1 Å². The van der Waals surface area contributed by atoms with E-state index in [9.17, 15) is 28.7 Å². The zero-order chi connectivity index (χ0) is 21.9. The highest BCUT2D eigenvalue weighted by atomic mass is 19.1. The number of carboxylic acid groups (broad SMARTS) is 1. The number of aliphatic carboxylic acids is 1. The number of imide groups is 1. The van der Waals surface area contributed by atoms with Crippen molar-refractivity contribution < 1.29 is 34.0 Å². The van der Waals surface area contributed by atoms with Gasteiger partial charge in [0.1, 0.15) is 23.7 Å². The fraction of sp³-hybridized carbons (Fsp3) is 0.273. The number of rotatable bonds is 4. The van der Waals surface area contributed by atoms with Crippen LogP contribution in [-0.4, -0.2) is 29.7 Å². The molecule has 2 fully saturated rings. The number of carbonyl (C=O) groups is 4. The Hall–Kier alpha value is -3.59. The second kappa shape index (κ2) is 6.71. The first-order valence-electron chi connectivity index (χ1n) is 9.95. The number of nitrogens with one attached hydrogen (secondary N) is 1. The molecule has 3 aliphatic rings. The molecule has 3 N–H and O–H groups in total. The van der Waals surface area contributed by atoms with Crippen LogP contribution in [0.25, 0.3) is 0 Å². The lowest BCUT2D eigenvalue weighted by Gasteiger charge is -2.26. The molecule has 0 aromatic heterocycles. The molecule has 0 unspecified atom stereocenters. The van der Waals surface area contributed by atoms with Crippen molar-refractivity contribution >= 4 is 35.1 Å². The average molecular weight is 423 g/mol. The minimum atomic E-state index is -1.38. The van der Waals surface area contributed by atoms with Crippen LogP contribution in [-0.2, 0) is 24.7 Å². The second-order valence-electron chi connectivity index (χ2n) is 8.10. The highest BCUT2D eigenvalue weighted by molar-refractivity contribution is 6.25. The zero-order valence-electron chi connectivity index (χ0n) is 16.2. The SMILES string of the molecule is O=C([O-])CC[C@@H]1[NH2+][C@]2(C(=O)Nc3ccccc32)[C@@H]2C(=O)N(c3ccc(F)cc3)C(=O)[C@H]12. The number of carbonyl (C=O) groups excluding carboxylic acids is 4. The number of nitrogens with two attached hydrogens (primary N) is 1. The number of hydrogen-bond donors (Lipinski definition) is 2. The largest absolute Gasteiger partial charge is 0.550 e. The van der Waals surface area contributed by atoms with Crippen molar-refractivity contribution in [3.05, 3.63) is 59.9 Å². The Morgan fingerprint density at radius 3 is 2.52 bits per heavy atom. The molecule has 0 saturated carbocycles. The average Bonchev–Trinajstić information content (AvgIpc) is 3.32. The van der Waals surface area contributed by atoms with Crippen molar-refractivity contribution in [3.63, 3.8) is 0 Å². The van der Waals surface area contributed by atoms with E-state index >= 15 is 0 Å². The molecular weight excluding hydrogens is 405 g/mol. The zero-order valence-corrected chi connectivity index (χ0v) is 16.2. The van der Waals surface area contributed by atoms with Gasteiger partial charge in [0.25, 0.3) is 5.91 Å². The molecule has 3 aliphatic heterocycles. The number of nitrogens with zero attached hydrogens (tertiary/aromatic N) is 1. The Morgan fingerprint density at radius 2 is 1.81 bits per heavy atom. The number of carboxylic acids is 1. The highest BCUT2D eigenvalue weighted by Gasteiger charge is 2.74. The molecule has 1 spiro atoms. The van der Waals surface area contributed by atoms with Crippen LogP contribution in [0, 0.1) is 17.7 Å². The van der Waals surface area contributed by atoms with Crippen molar-refractivity contribution in [1.29, 1.82) is 0 Å². The van der Waals surface area contributed by atoms with E-state index < -0.39 is 52.9 Å². The summed E-state index contributed by atoms with van der Waals surface area (Å²) < 4.78 is 13.4. The first-order valence-corrected chi connectivity index (χ1v) is 9.95. The van der Waals surface area contributed by atoms with Gasteiger partial charge in [-0.05, 0) is 36.8 Å². The lowest BCUT2D eigenvalue weighted by Crippen LogP contribution is -2.99. The van der Waals surface area contributed by atoms with E-state index in [1.807, 2.05) is 0 Å². The minimum Gasteiger partial charge on any atom is -0.550 e. The Labute approximate surface area is 176 Å². The van der Waals surface area contributed by atoms with E-state index in [0.29, 0.717) is 11.3 Å². The number of quaternary nitrogens is 1. The molecule has 2 aromatic carbocycles. The molecule has 0 radical (unpaired) electrons. The number of para-hydroxylation sites is 1. The third-order valence-electron chi connectivity index (χ3n) is 6.54. The van der Waals surface area contributed by atoms with E-state index in [0.717, 1.165) is 17.0 Å².